The molecule has 0 saturated heterocycles. The number of hydrogen-bond acceptors (Lipinski definition) is 3. The fourth-order valence-electron chi connectivity index (χ4n) is 2.96. The van der Waals surface area contributed by atoms with E-state index in [0.29, 0.717) is 12.6 Å². The third-order valence-electron chi connectivity index (χ3n) is 4.13. The van der Waals surface area contributed by atoms with Crippen LogP contribution >= 0.6 is 11.3 Å². The van der Waals surface area contributed by atoms with Crippen molar-refractivity contribution >= 4 is 33.0 Å². The average Bonchev–Trinajstić information content (AvgIpc) is 2.81. The van der Waals surface area contributed by atoms with Crippen LogP contribution in [0.3, 0.4) is 0 Å². The number of nitrogens with one attached hydrogen (secondary N) is 2. The third-order valence-corrected chi connectivity index (χ3v) is 5.02. The molecule has 0 spiro atoms. The van der Waals surface area contributed by atoms with Gasteiger partial charge in [0, 0.05) is 16.4 Å². The highest BCUT2D eigenvalue weighted by atomic mass is 32.1. The molecule has 2 N–H and O–H groups in total. The van der Waals surface area contributed by atoms with Gasteiger partial charge in [-0.25, -0.2) is 0 Å². The monoisotopic (exact) mass is 302 g/mol. The summed E-state index contributed by atoms with van der Waals surface area (Å²) in [5.41, 5.74) is 1.01. The van der Waals surface area contributed by atoms with Crippen LogP contribution in [-0.4, -0.2) is 18.5 Å². The van der Waals surface area contributed by atoms with Crippen molar-refractivity contribution < 1.29 is 4.79 Å². The maximum atomic E-state index is 12.0. The molecule has 1 amide bonds. The zero-order valence-electron chi connectivity index (χ0n) is 12.2. The van der Waals surface area contributed by atoms with Gasteiger partial charge in [0.15, 0.2) is 0 Å². The minimum absolute atomic E-state index is 0.104. The third kappa shape index (κ3) is 3.97. The number of carbonyl (C=O) groups excluding carboxylic acids is 1. The van der Waals surface area contributed by atoms with E-state index in [9.17, 15) is 4.79 Å². The minimum atomic E-state index is 0.104. The van der Waals surface area contributed by atoms with Gasteiger partial charge in [0.05, 0.1) is 6.54 Å². The van der Waals surface area contributed by atoms with Crippen molar-refractivity contribution in [2.45, 2.75) is 44.6 Å². The largest absolute Gasteiger partial charge is 0.376 e. The first-order chi connectivity index (χ1) is 10.3. The molecule has 1 aromatic heterocycles. The van der Waals surface area contributed by atoms with Crippen molar-refractivity contribution in [3.63, 3.8) is 0 Å². The van der Waals surface area contributed by atoms with Crippen molar-refractivity contribution in [3.8, 4) is 0 Å². The Balaban J connectivity index is 1.50. The van der Waals surface area contributed by atoms with Gasteiger partial charge in [0.1, 0.15) is 0 Å². The Hall–Kier alpha value is -1.55. The zero-order valence-corrected chi connectivity index (χ0v) is 13.0. The van der Waals surface area contributed by atoms with Crippen molar-refractivity contribution in [1.82, 2.24) is 5.32 Å². The van der Waals surface area contributed by atoms with E-state index in [0.717, 1.165) is 18.5 Å². The number of benzene rings is 1. The van der Waals surface area contributed by atoms with E-state index < -0.39 is 0 Å². The fourth-order valence-corrected chi connectivity index (χ4v) is 3.73. The molecule has 0 radical (unpaired) electrons. The second-order valence-corrected chi connectivity index (χ2v) is 6.73. The van der Waals surface area contributed by atoms with Crippen molar-refractivity contribution in [2.24, 2.45) is 0 Å². The number of hydrogen-bond donors (Lipinski definition) is 2. The van der Waals surface area contributed by atoms with Gasteiger partial charge < -0.3 is 10.6 Å². The standard InChI is InChI=1S/C17H22N2OS/c20-17(19-14-5-3-1-2-4-6-14)12-18-15-7-8-16-13(11-15)9-10-21-16/h7-11,14,18H,1-6,12H2,(H,19,20). The first kappa shape index (κ1) is 14.4. The summed E-state index contributed by atoms with van der Waals surface area (Å²) in [6, 6.07) is 8.73. The molecule has 0 aliphatic heterocycles. The molecule has 0 unspecified atom stereocenters. The lowest BCUT2D eigenvalue weighted by Crippen LogP contribution is -2.38. The first-order valence-electron chi connectivity index (χ1n) is 7.82. The molecule has 1 heterocycles. The predicted molar refractivity (Wildman–Crippen MR) is 89.9 cm³/mol. The van der Waals surface area contributed by atoms with Crippen LogP contribution in [0.2, 0.25) is 0 Å². The number of anilines is 1. The summed E-state index contributed by atoms with van der Waals surface area (Å²) in [6.45, 7) is 0.353. The van der Waals surface area contributed by atoms with Gasteiger partial charge in [-0.2, -0.15) is 0 Å². The van der Waals surface area contributed by atoms with Gasteiger partial charge in [-0.15, -0.1) is 11.3 Å². The average molecular weight is 302 g/mol. The van der Waals surface area contributed by atoms with Gasteiger partial charge in [0.25, 0.3) is 0 Å². The second-order valence-electron chi connectivity index (χ2n) is 5.78. The van der Waals surface area contributed by atoms with Crippen molar-refractivity contribution in [1.29, 1.82) is 0 Å². The van der Waals surface area contributed by atoms with Crippen LogP contribution in [0.5, 0.6) is 0 Å². The number of carbonyl (C=O) groups is 1. The summed E-state index contributed by atoms with van der Waals surface area (Å²) in [5, 5.41) is 9.71. The lowest BCUT2D eigenvalue weighted by molar-refractivity contribution is -0.120. The second kappa shape index (κ2) is 6.94. The van der Waals surface area contributed by atoms with Gasteiger partial charge in [-0.1, -0.05) is 25.7 Å². The van der Waals surface area contributed by atoms with E-state index in [-0.39, 0.29) is 5.91 Å². The van der Waals surface area contributed by atoms with Crippen LogP contribution in [0.1, 0.15) is 38.5 Å². The molecule has 112 valence electrons. The Morgan fingerprint density at radius 3 is 2.76 bits per heavy atom. The van der Waals surface area contributed by atoms with Gasteiger partial charge >= 0.3 is 0 Å². The SMILES string of the molecule is O=C(CNc1ccc2sccc2c1)NC1CCCCCC1. The van der Waals surface area contributed by atoms with Crippen LogP contribution in [0.15, 0.2) is 29.6 Å². The Morgan fingerprint density at radius 1 is 1.14 bits per heavy atom. The van der Waals surface area contributed by atoms with Crippen molar-refractivity contribution in [3.05, 3.63) is 29.6 Å². The minimum Gasteiger partial charge on any atom is -0.376 e. The maximum absolute atomic E-state index is 12.0. The Bertz CT molecular complexity index is 600. The van der Waals surface area contributed by atoms with E-state index in [1.807, 2.05) is 6.07 Å². The molecule has 21 heavy (non-hydrogen) atoms. The predicted octanol–water partition coefficient (Wildman–Crippen LogP) is 4.15. The van der Waals surface area contributed by atoms with E-state index in [1.165, 1.54) is 35.8 Å². The summed E-state index contributed by atoms with van der Waals surface area (Å²) in [6.07, 6.45) is 7.37. The highest BCUT2D eigenvalue weighted by molar-refractivity contribution is 7.17. The summed E-state index contributed by atoms with van der Waals surface area (Å²) in [4.78, 5) is 12.0. The van der Waals surface area contributed by atoms with Gasteiger partial charge in [0.2, 0.25) is 5.91 Å². The molecule has 3 rings (SSSR count). The number of rotatable bonds is 4. The normalized spacial score (nSPS) is 16.6. The highest BCUT2D eigenvalue weighted by Crippen LogP contribution is 2.23. The smallest absolute Gasteiger partial charge is 0.239 e. The van der Waals surface area contributed by atoms with Crippen molar-refractivity contribution in [2.75, 3.05) is 11.9 Å². The molecule has 4 heteroatoms. The number of amides is 1. The quantitative estimate of drug-likeness (QED) is 0.833. The van der Waals surface area contributed by atoms with E-state index >= 15 is 0 Å². The molecule has 3 nitrogen and oxygen atoms in total. The van der Waals surface area contributed by atoms with Crippen LogP contribution in [-0.2, 0) is 4.79 Å². The molecule has 1 aromatic carbocycles. The Morgan fingerprint density at radius 2 is 1.95 bits per heavy atom. The fraction of sp³-hybridized carbons (Fsp3) is 0.471. The maximum Gasteiger partial charge on any atom is 0.239 e. The number of thiophene rings is 1. The molecule has 1 fully saturated rings. The molecular weight excluding hydrogens is 280 g/mol. The van der Waals surface area contributed by atoms with E-state index in [4.69, 9.17) is 0 Å². The van der Waals surface area contributed by atoms with Crippen LogP contribution in [0.4, 0.5) is 5.69 Å². The summed E-state index contributed by atoms with van der Waals surface area (Å²) < 4.78 is 1.28. The van der Waals surface area contributed by atoms with Gasteiger partial charge in [-0.3, -0.25) is 4.79 Å². The molecule has 1 aliphatic carbocycles. The summed E-state index contributed by atoms with van der Waals surface area (Å²) in [5.74, 6) is 0.104. The summed E-state index contributed by atoms with van der Waals surface area (Å²) >= 11 is 1.74. The Kier molecular flexibility index (Phi) is 4.76. The van der Waals surface area contributed by atoms with E-state index in [1.54, 1.807) is 11.3 Å². The molecular formula is C17H22N2OS. The molecule has 0 bridgehead atoms. The molecule has 1 aliphatic rings. The van der Waals surface area contributed by atoms with Gasteiger partial charge in [-0.05, 0) is 47.9 Å². The summed E-state index contributed by atoms with van der Waals surface area (Å²) in [7, 11) is 0. The topological polar surface area (TPSA) is 41.1 Å². The Labute approximate surface area is 129 Å². The van der Waals surface area contributed by atoms with Crippen LogP contribution < -0.4 is 10.6 Å². The lowest BCUT2D eigenvalue weighted by Gasteiger charge is -2.16. The van der Waals surface area contributed by atoms with Crippen LogP contribution in [0.25, 0.3) is 10.1 Å². The zero-order chi connectivity index (χ0) is 14.5. The highest BCUT2D eigenvalue weighted by Gasteiger charge is 2.14. The molecule has 1 saturated carbocycles. The molecule has 0 atom stereocenters. The molecule has 2 aromatic rings. The van der Waals surface area contributed by atoms with Crippen LogP contribution in [0, 0.1) is 0 Å². The van der Waals surface area contributed by atoms with E-state index in [2.05, 4.69) is 34.2 Å². The first-order valence-corrected chi connectivity index (χ1v) is 8.70. The lowest BCUT2D eigenvalue weighted by atomic mass is 10.1. The number of fused-ring (bicyclic) bond motifs is 1.